The molecule has 1 rings (SSSR count). The van der Waals surface area contributed by atoms with Crippen LogP contribution in [0, 0.1) is 0 Å². The number of hydrogen-bond donors (Lipinski definition) is 1. The highest BCUT2D eigenvalue weighted by Gasteiger charge is 2.21. The van der Waals surface area contributed by atoms with Gasteiger partial charge in [0.2, 0.25) is 5.91 Å². The van der Waals surface area contributed by atoms with Gasteiger partial charge in [-0.1, -0.05) is 13.0 Å². The second-order valence-corrected chi connectivity index (χ2v) is 4.43. The van der Waals surface area contributed by atoms with Gasteiger partial charge in [0.15, 0.2) is 17.5 Å². The summed E-state index contributed by atoms with van der Waals surface area (Å²) in [5, 5.41) is 2.48. The number of methoxy groups -OCH3 is 2. The number of esters is 1. The highest BCUT2D eigenvalue weighted by molar-refractivity contribution is 5.83. The van der Waals surface area contributed by atoms with E-state index in [0.717, 1.165) is 12.0 Å². The van der Waals surface area contributed by atoms with Gasteiger partial charge < -0.3 is 19.5 Å². The molecule has 1 amide bonds. The van der Waals surface area contributed by atoms with Crippen LogP contribution < -0.4 is 14.8 Å². The summed E-state index contributed by atoms with van der Waals surface area (Å²) in [6.07, 6.45) is 0.882. The molecule has 0 saturated heterocycles. The zero-order chi connectivity index (χ0) is 15.8. The van der Waals surface area contributed by atoms with Crippen molar-refractivity contribution >= 4 is 11.9 Å². The number of rotatable bonds is 7. The molecule has 0 fully saturated rings. The van der Waals surface area contributed by atoms with Gasteiger partial charge in [0.1, 0.15) is 6.61 Å². The molecule has 1 aromatic rings. The SMILES string of the molecule is CCc1ccc(OCC(NC(C)=O)C(=O)OC)c(OC)c1. The van der Waals surface area contributed by atoms with Crippen LogP contribution in [0.25, 0.3) is 0 Å². The van der Waals surface area contributed by atoms with E-state index in [9.17, 15) is 9.59 Å². The number of benzene rings is 1. The lowest BCUT2D eigenvalue weighted by molar-refractivity contribution is -0.145. The predicted octanol–water partition coefficient (Wildman–Crippen LogP) is 1.31. The smallest absolute Gasteiger partial charge is 0.331 e. The van der Waals surface area contributed by atoms with E-state index < -0.39 is 12.0 Å². The molecule has 116 valence electrons. The maximum absolute atomic E-state index is 11.6. The first kappa shape index (κ1) is 16.8. The van der Waals surface area contributed by atoms with Gasteiger partial charge in [0.25, 0.3) is 0 Å². The fourth-order valence-corrected chi connectivity index (χ4v) is 1.78. The van der Waals surface area contributed by atoms with Crippen molar-refractivity contribution in [3.8, 4) is 11.5 Å². The van der Waals surface area contributed by atoms with Gasteiger partial charge in [-0.25, -0.2) is 4.79 Å². The molecular weight excluding hydrogens is 274 g/mol. The van der Waals surface area contributed by atoms with Crippen LogP contribution in [0.5, 0.6) is 11.5 Å². The Morgan fingerprint density at radius 2 is 1.95 bits per heavy atom. The zero-order valence-electron chi connectivity index (χ0n) is 12.8. The van der Waals surface area contributed by atoms with Gasteiger partial charge in [-0.05, 0) is 24.1 Å². The van der Waals surface area contributed by atoms with Crippen LogP contribution in [0.4, 0.5) is 0 Å². The van der Waals surface area contributed by atoms with Crippen molar-refractivity contribution in [3.05, 3.63) is 23.8 Å². The summed E-state index contributed by atoms with van der Waals surface area (Å²) in [4.78, 5) is 22.7. The quantitative estimate of drug-likeness (QED) is 0.768. The Bertz CT molecular complexity index is 501. The zero-order valence-corrected chi connectivity index (χ0v) is 12.8. The molecule has 0 aliphatic carbocycles. The minimum atomic E-state index is -0.858. The summed E-state index contributed by atoms with van der Waals surface area (Å²) in [7, 11) is 2.81. The van der Waals surface area contributed by atoms with Crippen molar-refractivity contribution in [2.45, 2.75) is 26.3 Å². The third-order valence-corrected chi connectivity index (χ3v) is 2.90. The lowest BCUT2D eigenvalue weighted by Gasteiger charge is -2.17. The molecule has 0 bridgehead atoms. The van der Waals surface area contributed by atoms with Crippen LogP contribution in [0.3, 0.4) is 0 Å². The first-order valence-electron chi connectivity index (χ1n) is 6.66. The van der Waals surface area contributed by atoms with Crippen LogP contribution in [0.15, 0.2) is 18.2 Å². The van der Waals surface area contributed by atoms with Crippen LogP contribution in [0.2, 0.25) is 0 Å². The summed E-state index contributed by atoms with van der Waals surface area (Å²) < 4.78 is 15.5. The van der Waals surface area contributed by atoms with E-state index >= 15 is 0 Å². The molecule has 1 unspecified atom stereocenters. The van der Waals surface area contributed by atoms with Crippen molar-refractivity contribution in [3.63, 3.8) is 0 Å². The molecule has 0 heterocycles. The van der Waals surface area contributed by atoms with E-state index in [1.165, 1.54) is 14.0 Å². The largest absolute Gasteiger partial charge is 0.493 e. The van der Waals surface area contributed by atoms with Crippen molar-refractivity contribution in [2.24, 2.45) is 0 Å². The summed E-state index contributed by atoms with van der Waals surface area (Å²) >= 11 is 0. The van der Waals surface area contributed by atoms with E-state index in [4.69, 9.17) is 9.47 Å². The molecule has 0 spiro atoms. The number of nitrogens with one attached hydrogen (secondary N) is 1. The lowest BCUT2D eigenvalue weighted by Crippen LogP contribution is -2.44. The van der Waals surface area contributed by atoms with E-state index in [-0.39, 0.29) is 12.5 Å². The summed E-state index contributed by atoms with van der Waals surface area (Å²) in [5.41, 5.74) is 1.12. The fourth-order valence-electron chi connectivity index (χ4n) is 1.78. The molecular formula is C15H21NO5. The Kier molecular flexibility index (Phi) is 6.52. The second kappa shape index (κ2) is 8.14. The van der Waals surface area contributed by atoms with E-state index in [1.54, 1.807) is 13.2 Å². The summed E-state index contributed by atoms with van der Waals surface area (Å²) in [6, 6.07) is 4.72. The molecule has 6 heteroatoms. The Labute approximate surface area is 124 Å². The Hall–Kier alpha value is -2.24. The standard InChI is InChI=1S/C15H21NO5/c1-5-11-6-7-13(14(8-11)19-3)21-9-12(15(18)20-4)16-10(2)17/h6-8,12H,5,9H2,1-4H3,(H,16,17). The van der Waals surface area contributed by atoms with Crippen LogP contribution in [-0.4, -0.2) is 38.7 Å². The lowest BCUT2D eigenvalue weighted by atomic mass is 10.1. The minimum Gasteiger partial charge on any atom is -0.493 e. The molecule has 0 aliphatic heterocycles. The molecule has 1 atom stereocenters. The van der Waals surface area contributed by atoms with Gasteiger partial charge in [-0.2, -0.15) is 0 Å². The molecule has 6 nitrogen and oxygen atoms in total. The minimum absolute atomic E-state index is 0.0336. The van der Waals surface area contributed by atoms with Crippen molar-refractivity contribution < 1.29 is 23.8 Å². The highest BCUT2D eigenvalue weighted by Crippen LogP contribution is 2.28. The van der Waals surface area contributed by atoms with Crippen LogP contribution >= 0.6 is 0 Å². The first-order chi connectivity index (χ1) is 10.0. The van der Waals surface area contributed by atoms with Crippen molar-refractivity contribution in [1.29, 1.82) is 0 Å². The highest BCUT2D eigenvalue weighted by atomic mass is 16.5. The third-order valence-electron chi connectivity index (χ3n) is 2.90. The maximum Gasteiger partial charge on any atom is 0.331 e. The average Bonchev–Trinajstić information content (AvgIpc) is 2.49. The number of amides is 1. The van der Waals surface area contributed by atoms with Crippen LogP contribution in [0.1, 0.15) is 19.4 Å². The maximum atomic E-state index is 11.6. The molecule has 21 heavy (non-hydrogen) atoms. The predicted molar refractivity (Wildman–Crippen MR) is 77.5 cm³/mol. The van der Waals surface area contributed by atoms with Gasteiger partial charge in [-0.3, -0.25) is 4.79 Å². The van der Waals surface area contributed by atoms with E-state index in [2.05, 4.69) is 10.1 Å². The summed E-state index contributed by atoms with van der Waals surface area (Å²) in [5.74, 6) is 0.200. The van der Waals surface area contributed by atoms with Gasteiger partial charge in [0.05, 0.1) is 14.2 Å². The molecule has 0 aliphatic rings. The van der Waals surface area contributed by atoms with Gasteiger partial charge >= 0.3 is 5.97 Å². The van der Waals surface area contributed by atoms with Gasteiger partial charge in [-0.15, -0.1) is 0 Å². The topological polar surface area (TPSA) is 73.9 Å². The van der Waals surface area contributed by atoms with Crippen LogP contribution in [-0.2, 0) is 20.7 Å². The Morgan fingerprint density at radius 3 is 2.48 bits per heavy atom. The Morgan fingerprint density at radius 1 is 1.24 bits per heavy atom. The summed E-state index contributed by atoms with van der Waals surface area (Å²) in [6.45, 7) is 3.33. The number of ether oxygens (including phenoxy) is 3. The number of aryl methyl sites for hydroxylation is 1. The van der Waals surface area contributed by atoms with Crippen molar-refractivity contribution in [1.82, 2.24) is 5.32 Å². The monoisotopic (exact) mass is 295 g/mol. The van der Waals surface area contributed by atoms with E-state index in [0.29, 0.717) is 11.5 Å². The molecule has 1 N–H and O–H groups in total. The average molecular weight is 295 g/mol. The third kappa shape index (κ3) is 4.98. The van der Waals surface area contributed by atoms with Gasteiger partial charge in [0, 0.05) is 6.92 Å². The van der Waals surface area contributed by atoms with E-state index in [1.807, 2.05) is 19.1 Å². The molecule has 0 radical (unpaired) electrons. The normalized spacial score (nSPS) is 11.4. The van der Waals surface area contributed by atoms with Crippen molar-refractivity contribution in [2.75, 3.05) is 20.8 Å². The Balaban J connectivity index is 2.79. The number of carbonyl (C=O) groups excluding carboxylic acids is 2. The first-order valence-corrected chi connectivity index (χ1v) is 6.66. The molecule has 0 aromatic heterocycles. The second-order valence-electron chi connectivity index (χ2n) is 4.43. The fraction of sp³-hybridized carbons (Fsp3) is 0.467. The number of carbonyl (C=O) groups is 2. The molecule has 0 saturated carbocycles. The number of hydrogen-bond acceptors (Lipinski definition) is 5. The molecule has 1 aromatic carbocycles.